The second-order valence-electron chi connectivity index (χ2n) is 6.56. The van der Waals surface area contributed by atoms with E-state index in [9.17, 15) is 9.59 Å². The summed E-state index contributed by atoms with van der Waals surface area (Å²) in [7, 11) is 0. The average molecular weight is 313 g/mol. The zero-order valence-electron chi connectivity index (χ0n) is 13.3. The topological polar surface area (TPSA) is 68.3 Å². The summed E-state index contributed by atoms with van der Waals surface area (Å²) in [4.78, 5) is 30.8. The fourth-order valence-corrected chi connectivity index (χ4v) is 3.94. The Hall–Kier alpha value is -2.37. The van der Waals surface area contributed by atoms with Crippen molar-refractivity contribution in [2.45, 2.75) is 32.7 Å². The lowest BCUT2D eigenvalue weighted by molar-refractivity contribution is 0.0561. The van der Waals surface area contributed by atoms with Crippen LogP contribution in [0.4, 0.5) is 0 Å². The Morgan fingerprint density at radius 1 is 1.26 bits per heavy atom. The molecule has 2 aliphatic rings. The number of oxazole rings is 1. The number of carbonyl (C=O) groups excluding carboxylic acids is 1. The lowest BCUT2D eigenvalue weighted by Crippen LogP contribution is -2.49. The highest BCUT2D eigenvalue weighted by molar-refractivity contribution is 5.92. The second-order valence-corrected chi connectivity index (χ2v) is 6.56. The molecule has 23 heavy (non-hydrogen) atoms. The predicted molar refractivity (Wildman–Crippen MR) is 83.4 cm³/mol. The van der Waals surface area contributed by atoms with Gasteiger partial charge in [0.15, 0.2) is 5.89 Å². The molecule has 0 spiro atoms. The third kappa shape index (κ3) is 2.29. The van der Waals surface area contributed by atoms with Crippen LogP contribution in [-0.2, 0) is 6.54 Å². The molecule has 0 N–H and O–H groups in total. The highest BCUT2D eigenvalue weighted by atomic mass is 16.4. The molecule has 120 valence electrons. The van der Waals surface area contributed by atoms with Gasteiger partial charge in [0.05, 0.1) is 5.69 Å². The van der Waals surface area contributed by atoms with Gasteiger partial charge in [-0.15, -0.1) is 0 Å². The number of aromatic nitrogens is 2. The Morgan fingerprint density at radius 2 is 2.09 bits per heavy atom. The molecule has 0 aliphatic carbocycles. The quantitative estimate of drug-likeness (QED) is 0.804. The second kappa shape index (κ2) is 5.08. The summed E-state index contributed by atoms with van der Waals surface area (Å²) in [5.74, 6) is 1.29. The van der Waals surface area contributed by atoms with Crippen LogP contribution in [0.2, 0.25) is 0 Å². The van der Waals surface area contributed by atoms with E-state index < -0.39 is 0 Å². The monoisotopic (exact) mass is 313 g/mol. The average Bonchev–Trinajstić information content (AvgIpc) is 2.86. The van der Waals surface area contributed by atoms with Gasteiger partial charge in [0, 0.05) is 44.2 Å². The summed E-state index contributed by atoms with van der Waals surface area (Å²) < 4.78 is 7.35. The van der Waals surface area contributed by atoms with E-state index in [1.165, 1.54) is 0 Å². The van der Waals surface area contributed by atoms with Gasteiger partial charge in [0.25, 0.3) is 11.5 Å². The number of hydrogen-bond donors (Lipinski definition) is 0. The van der Waals surface area contributed by atoms with Crippen LogP contribution >= 0.6 is 0 Å². The molecule has 2 aromatic heterocycles. The number of aryl methyl sites for hydroxylation is 2. The highest BCUT2D eigenvalue weighted by Crippen LogP contribution is 2.35. The van der Waals surface area contributed by atoms with E-state index in [4.69, 9.17) is 4.42 Å². The first-order chi connectivity index (χ1) is 11.0. The number of piperidine rings is 1. The number of hydrogen-bond acceptors (Lipinski definition) is 4. The minimum atomic E-state index is -0.0930. The molecule has 2 aromatic rings. The molecule has 0 aromatic carbocycles. The van der Waals surface area contributed by atoms with Crippen LogP contribution in [0.5, 0.6) is 0 Å². The number of likely N-dealkylation sites (tertiary alicyclic amines) is 1. The first-order valence-electron chi connectivity index (χ1n) is 7.96. The van der Waals surface area contributed by atoms with Gasteiger partial charge in [-0.2, -0.15) is 0 Å². The summed E-state index contributed by atoms with van der Waals surface area (Å²) in [6.45, 7) is 5.51. The summed E-state index contributed by atoms with van der Waals surface area (Å²) in [6.07, 6.45) is 1.03. The van der Waals surface area contributed by atoms with Crippen molar-refractivity contribution in [1.82, 2.24) is 14.5 Å². The molecule has 2 atom stereocenters. The molecular formula is C17H19N3O3. The van der Waals surface area contributed by atoms with E-state index in [2.05, 4.69) is 4.98 Å². The van der Waals surface area contributed by atoms with Crippen LogP contribution in [0.25, 0.3) is 0 Å². The molecule has 1 fully saturated rings. The van der Waals surface area contributed by atoms with Gasteiger partial charge >= 0.3 is 0 Å². The first-order valence-corrected chi connectivity index (χ1v) is 7.96. The fraction of sp³-hybridized carbons (Fsp3) is 0.471. The van der Waals surface area contributed by atoms with Crippen LogP contribution in [0.1, 0.15) is 40.2 Å². The van der Waals surface area contributed by atoms with Crippen molar-refractivity contribution >= 4 is 5.91 Å². The molecule has 1 amide bonds. The Balaban J connectivity index is 1.65. The van der Waals surface area contributed by atoms with E-state index in [0.717, 1.165) is 12.1 Å². The molecule has 4 heterocycles. The minimum Gasteiger partial charge on any atom is -0.436 e. The van der Waals surface area contributed by atoms with Gasteiger partial charge in [-0.3, -0.25) is 9.59 Å². The van der Waals surface area contributed by atoms with Crippen molar-refractivity contribution < 1.29 is 9.21 Å². The van der Waals surface area contributed by atoms with Crippen molar-refractivity contribution in [2.24, 2.45) is 5.92 Å². The van der Waals surface area contributed by atoms with Crippen molar-refractivity contribution in [1.29, 1.82) is 0 Å². The van der Waals surface area contributed by atoms with E-state index in [1.807, 2.05) is 15.5 Å². The summed E-state index contributed by atoms with van der Waals surface area (Å²) in [5, 5.41) is 0. The predicted octanol–water partition coefficient (Wildman–Crippen LogP) is 1.71. The summed E-state index contributed by atoms with van der Waals surface area (Å²) in [5.41, 5.74) is 1.73. The normalized spacial score (nSPS) is 22.8. The van der Waals surface area contributed by atoms with Gasteiger partial charge in [-0.1, -0.05) is 6.07 Å². The van der Waals surface area contributed by atoms with E-state index in [1.54, 1.807) is 26.0 Å². The van der Waals surface area contributed by atoms with Gasteiger partial charge in [0.1, 0.15) is 0 Å². The lowest BCUT2D eigenvalue weighted by atomic mass is 9.83. The van der Waals surface area contributed by atoms with Crippen molar-refractivity contribution in [3.8, 4) is 0 Å². The van der Waals surface area contributed by atoms with Crippen LogP contribution in [0.3, 0.4) is 0 Å². The number of pyridine rings is 1. The maximum atomic E-state index is 12.8. The summed E-state index contributed by atoms with van der Waals surface area (Å²) in [6, 6.07) is 5.41. The number of fused-ring (bicyclic) bond motifs is 4. The Kier molecular flexibility index (Phi) is 3.14. The number of carbonyl (C=O) groups is 1. The third-order valence-corrected chi connectivity index (χ3v) is 4.86. The zero-order chi connectivity index (χ0) is 16.1. The molecule has 2 aliphatic heterocycles. The number of rotatable bonds is 1. The molecule has 6 heteroatoms. The maximum Gasteiger partial charge on any atom is 0.291 e. The van der Waals surface area contributed by atoms with E-state index in [0.29, 0.717) is 42.9 Å². The number of amides is 1. The molecule has 4 rings (SSSR count). The summed E-state index contributed by atoms with van der Waals surface area (Å²) >= 11 is 0. The molecule has 0 saturated carbocycles. The maximum absolute atomic E-state index is 12.8. The van der Waals surface area contributed by atoms with Crippen molar-refractivity contribution in [3.05, 3.63) is 51.6 Å². The van der Waals surface area contributed by atoms with Gasteiger partial charge in [-0.25, -0.2) is 4.98 Å². The molecular weight excluding hydrogens is 294 g/mol. The van der Waals surface area contributed by atoms with E-state index in [-0.39, 0.29) is 17.4 Å². The molecule has 0 unspecified atom stereocenters. The Morgan fingerprint density at radius 3 is 2.83 bits per heavy atom. The van der Waals surface area contributed by atoms with Crippen LogP contribution in [0.15, 0.2) is 27.4 Å². The standard InChI is InChI=1S/C17H19N3O3/c1-10-16(23-11(2)18-10)17(22)19-7-12-6-13(9-19)14-4-3-5-15(21)20(14)8-12/h3-5,12-13H,6-9H2,1-2H3/t12-,13+/m1/s1. The zero-order valence-corrected chi connectivity index (χ0v) is 13.3. The Labute approximate surface area is 133 Å². The molecule has 2 bridgehead atoms. The van der Waals surface area contributed by atoms with Gasteiger partial charge in [0.2, 0.25) is 5.76 Å². The molecule has 0 radical (unpaired) electrons. The van der Waals surface area contributed by atoms with Gasteiger partial charge < -0.3 is 13.9 Å². The molecule has 6 nitrogen and oxygen atoms in total. The largest absolute Gasteiger partial charge is 0.436 e. The molecule has 1 saturated heterocycles. The van der Waals surface area contributed by atoms with E-state index >= 15 is 0 Å². The van der Waals surface area contributed by atoms with Crippen LogP contribution in [-0.4, -0.2) is 33.4 Å². The van der Waals surface area contributed by atoms with Crippen LogP contribution in [0, 0.1) is 19.8 Å². The Bertz CT molecular complexity index is 836. The third-order valence-electron chi connectivity index (χ3n) is 4.86. The minimum absolute atomic E-state index is 0.0543. The van der Waals surface area contributed by atoms with Gasteiger partial charge in [-0.05, 0) is 25.3 Å². The first kappa shape index (κ1) is 14.2. The fourth-order valence-electron chi connectivity index (χ4n) is 3.94. The smallest absolute Gasteiger partial charge is 0.291 e. The van der Waals surface area contributed by atoms with Crippen LogP contribution < -0.4 is 5.56 Å². The van der Waals surface area contributed by atoms with Crippen molar-refractivity contribution in [3.63, 3.8) is 0 Å². The van der Waals surface area contributed by atoms with Crippen molar-refractivity contribution in [2.75, 3.05) is 13.1 Å². The number of nitrogens with zero attached hydrogens (tertiary/aromatic N) is 3. The highest BCUT2D eigenvalue weighted by Gasteiger charge is 2.37. The SMILES string of the molecule is Cc1nc(C)c(C(=O)N2C[C@H]3C[C@@H](C2)c2cccc(=O)n2C3)o1. The lowest BCUT2D eigenvalue weighted by Gasteiger charge is -2.42.